The van der Waals surface area contributed by atoms with Gasteiger partial charge in [0.2, 0.25) is 6.29 Å². The molecule has 126 valence electrons. The summed E-state index contributed by atoms with van der Waals surface area (Å²) in [5.41, 5.74) is 0.423. The van der Waals surface area contributed by atoms with Gasteiger partial charge in [-0.3, -0.25) is 0 Å². The van der Waals surface area contributed by atoms with Gasteiger partial charge >= 0.3 is 5.97 Å². The molecule has 23 heavy (non-hydrogen) atoms. The van der Waals surface area contributed by atoms with Gasteiger partial charge in [0.05, 0.1) is 6.61 Å². The van der Waals surface area contributed by atoms with Gasteiger partial charge < -0.3 is 35.0 Å². The minimum absolute atomic E-state index is 0.217. The van der Waals surface area contributed by atoms with Gasteiger partial charge in [0.15, 0.2) is 0 Å². The Kier molecular flexibility index (Phi) is 5.69. The van der Waals surface area contributed by atoms with Crippen molar-refractivity contribution in [2.45, 2.75) is 30.7 Å². The first-order chi connectivity index (χ1) is 10.9. The molecule has 1 aliphatic rings. The van der Waals surface area contributed by atoms with E-state index in [4.69, 9.17) is 19.7 Å². The van der Waals surface area contributed by atoms with E-state index >= 15 is 0 Å². The van der Waals surface area contributed by atoms with Crippen LogP contribution in [-0.4, -0.2) is 68.8 Å². The van der Waals surface area contributed by atoms with Gasteiger partial charge in [-0.05, 0) is 12.1 Å². The highest BCUT2D eigenvalue weighted by Crippen LogP contribution is 2.27. The lowest BCUT2D eigenvalue weighted by atomic mass is 9.99. The lowest BCUT2D eigenvalue weighted by Crippen LogP contribution is -2.60. The highest BCUT2D eigenvalue weighted by Gasteiger charge is 2.44. The summed E-state index contributed by atoms with van der Waals surface area (Å²) in [6.07, 6.45) is -4.74. The van der Waals surface area contributed by atoms with Crippen molar-refractivity contribution in [1.82, 2.24) is 0 Å². The van der Waals surface area contributed by atoms with Crippen molar-refractivity contribution < 1.29 is 39.8 Å². The summed E-state index contributed by atoms with van der Waals surface area (Å²) in [5.74, 6) is -0.915. The minimum Gasteiger partial charge on any atom is -0.478 e. The van der Waals surface area contributed by atoms with Gasteiger partial charge in [-0.2, -0.15) is 0 Å². The van der Waals surface area contributed by atoms with Crippen LogP contribution in [0.5, 0.6) is 5.75 Å². The molecule has 1 saturated heterocycles. The third-order valence-corrected chi connectivity index (χ3v) is 3.42. The molecule has 8 heteroatoms. The maximum absolute atomic E-state index is 10.6. The number of ether oxygens (including phenoxy) is 2. The molecule has 1 fully saturated rings. The first-order valence-corrected chi connectivity index (χ1v) is 6.91. The zero-order chi connectivity index (χ0) is 17.0. The maximum Gasteiger partial charge on any atom is 0.328 e. The van der Waals surface area contributed by atoms with Crippen LogP contribution in [0.3, 0.4) is 0 Å². The van der Waals surface area contributed by atoms with E-state index in [2.05, 4.69) is 0 Å². The van der Waals surface area contributed by atoms with E-state index in [-0.39, 0.29) is 5.75 Å². The molecule has 1 aromatic rings. The van der Waals surface area contributed by atoms with Crippen LogP contribution < -0.4 is 4.74 Å². The zero-order valence-corrected chi connectivity index (χ0v) is 12.0. The molecule has 0 bridgehead atoms. The lowest BCUT2D eigenvalue weighted by molar-refractivity contribution is -0.277. The largest absolute Gasteiger partial charge is 0.478 e. The van der Waals surface area contributed by atoms with E-state index in [1.807, 2.05) is 0 Å². The lowest BCUT2D eigenvalue weighted by Gasteiger charge is -2.39. The quantitative estimate of drug-likeness (QED) is 0.433. The second-order valence-electron chi connectivity index (χ2n) is 5.02. The van der Waals surface area contributed by atoms with E-state index < -0.39 is 43.3 Å². The number of carbonyl (C=O) groups is 1. The average Bonchev–Trinajstić information content (AvgIpc) is 2.54. The number of aliphatic carboxylic acids is 1. The van der Waals surface area contributed by atoms with E-state index in [1.54, 1.807) is 18.2 Å². The van der Waals surface area contributed by atoms with Crippen LogP contribution >= 0.6 is 0 Å². The van der Waals surface area contributed by atoms with Crippen LogP contribution in [0.25, 0.3) is 6.08 Å². The van der Waals surface area contributed by atoms with Crippen molar-refractivity contribution in [3.63, 3.8) is 0 Å². The van der Waals surface area contributed by atoms with E-state index in [0.717, 1.165) is 6.08 Å². The molecular weight excluding hydrogens is 308 g/mol. The number of rotatable bonds is 5. The van der Waals surface area contributed by atoms with Gasteiger partial charge in [0, 0.05) is 11.6 Å². The van der Waals surface area contributed by atoms with Crippen molar-refractivity contribution in [2.75, 3.05) is 6.61 Å². The van der Waals surface area contributed by atoms with Crippen molar-refractivity contribution in [2.24, 2.45) is 0 Å². The van der Waals surface area contributed by atoms with Gasteiger partial charge in [-0.1, -0.05) is 18.2 Å². The summed E-state index contributed by atoms with van der Waals surface area (Å²) in [6.45, 7) is -0.564. The molecule has 1 aliphatic heterocycles. The summed E-state index contributed by atoms with van der Waals surface area (Å²) in [6, 6.07) is 6.43. The Morgan fingerprint density at radius 3 is 2.52 bits per heavy atom. The first kappa shape index (κ1) is 17.4. The fourth-order valence-corrected chi connectivity index (χ4v) is 2.18. The Bertz CT molecular complexity index is 570. The second kappa shape index (κ2) is 7.53. The molecular formula is C15H18O8. The van der Waals surface area contributed by atoms with E-state index in [1.165, 1.54) is 12.1 Å². The Labute approximate surface area is 131 Å². The van der Waals surface area contributed by atoms with Crippen LogP contribution in [0.15, 0.2) is 30.3 Å². The number of aliphatic hydroxyl groups excluding tert-OH is 4. The molecule has 8 nitrogen and oxygen atoms in total. The van der Waals surface area contributed by atoms with E-state index in [0.29, 0.717) is 5.56 Å². The third-order valence-electron chi connectivity index (χ3n) is 3.42. The molecule has 3 unspecified atom stereocenters. The zero-order valence-electron chi connectivity index (χ0n) is 12.0. The van der Waals surface area contributed by atoms with Gasteiger partial charge in [-0.15, -0.1) is 0 Å². The number of hydrogen-bond donors (Lipinski definition) is 5. The summed E-state index contributed by atoms with van der Waals surface area (Å²) in [4.78, 5) is 10.6. The van der Waals surface area contributed by atoms with Crippen LogP contribution in [-0.2, 0) is 9.53 Å². The highest BCUT2D eigenvalue weighted by atomic mass is 16.7. The van der Waals surface area contributed by atoms with Crippen molar-refractivity contribution in [3.05, 3.63) is 35.9 Å². The Morgan fingerprint density at radius 2 is 1.87 bits per heavy atom. The standard InChI is InChI=1S/C15H18O8/c16-7-10-12(19)13(20)14(21)15(23-10)22-9-4-2-1-3-8(9)5-6-11(17)18/h1-6,10,12-16,19-21H,7H2,(H,17,18)/t10?,12-,13?,14?,15+/m1/s1. The van der Waals surface area contributed by atoms with Crippen molar-refractivity contribution in [1.29, 1.82) is 0 Å². The second-order valence-corrected chi connectivity index (χ2v) is 5.02. The predicted molar refractivity (Wildman–Crippen MR) is 77.5 cm³/mol. The molecule has 2 rings (SSSR count). The molecule has 5 atom stereocenters. The fourth-order valence-electron chi connectivity index (χ4n) is 2.18. The van der Waals surface area contributed by atoms with Gasteiger partial charge in [0.1, 0.15) is 30.2 Å². The molecule has 0 spiro atoms. The van der Waals surface area contributed by atoms with E-state index in [9.17, 15) is 20.1 Å². The number of hydrogen-bond acceptors (Lipinski definition) is 7. The van der Waals surface area contributed by atoms with Crippen molar-refractivity contribution >= 4 is 12.0 Å². The summed E-state index contributed by atoms with van der Waals surface area (Å²) >= 11 is 0. The number of benzene rings is 1. The normalized spacial score (nSPS) is 31.2. The van der Waals surface area contributed by atoms with Gasteiger partial charge in [-0.25, -0.2) is 4.79 Å². The molecule has 0 aromatic heterocycles. The number of para-hydroxylation sites is 1. The van der Waals surface area contributed by atoms with Crippen LogP contribution in [0.2, 0.25) is 0 Å². The molecule has 1 aromatic carbocycles. The number of carboxylic acid groups (broad SMARTS) is 1. The van der Waals surface area contributed by atoms with Crippen LogP contribution in [0.1, 0.15) is 5.56 Å². The molecule has 0 aliphatic carbocycles. The Morgan fingerprint density at radius 1 is 1.17 bits per heavy atom. The molecule has 0 saturated carbocycles. The molecule has 1 heterocycles. The predicted octanol–water partition coefficient (Wildman–Crippen LogP) is -1.04. The Hall–Kier alpha value is -1.97. The monoisotopic (exact) mass is 326 g/mol. The third kappa shape index (κ3) is 4.06. The summed E-state index contributed by atoms with van der Waals surface area (Å²) in [7, 11) is 0. The van der Waals surface area contributed by atoms with Crippen LogP contribution in [0.4, 0.5) is 0 Å². The average molecular weight is 326 g/mol. The number of carboxylic acids is 1. The van der Waals surface area contributed by atoms with Crippen molar-refractivity contribution in [3.8, 4) is 5.75 Å². The first-order valence-electron chi connectivity index (χ1n) is 6.91. The maximum atomic E-state index is 10.6. The smallest absolute Gasteiger partial charge is 0.328 e. The molecule has 0 amide bonds. The summed E-state index contributed by atoms with van der Waals surface area (Å²) in [5, 5.41) is 47.2. The van der Waals surface area contributed by atoms with Crippen LogP contribution in [0, 0.1) is 0 Å². The van der Waals surface area contributed by atoms with Gasteiger partial charge in [0.25, 0.3) is 0 Å². The highest BCUT2D eigenvalue weighted by molar-refractivity contribution is 5.85. The topological polar surface area (TPSA) is 137 Å². The molecule has 5 N–H and O–H groups in total. The Balaban J connectivity index is 2.19. The number of aliphatic hydroxyl groups is 4. The molecule has 0 radical (unpaired) electrons. The minimum atomic E-state index is -1.55. The SMILES string of the molecule is O=C(O)C=Cc1ccccc1O[C@H]1OC(CO)[C@@H](O)C(O)C1O. The fraction of sp³-hybridized carbons (Fsp3) is 0.400. The summed E-state index contributed by atoms with van der Waals surface area (Å²) < 4.78 is 10.7.